The Balaban J connectivity index is 1.38. The lowest BCUT2D eigenvalue weighted by atomic mass is 9.95. The average Bonchev–Trinajstić information content (AvgIpc) is 2.64. The van der Waals surface area contributed by atoms with Gasteiger partial charge < -0.3 is 20.4 Å². The molecule has 0 aliphatic carbocycles. The molecule has 1 aromatic rings. The van der Waals surface area contributed by atoms with Gasteiger partial charge >= 0.3 is 5.97 Å². The van der Waals surface area contributed by atoms with Crippen LogP contribution in [0, 0.1) is 11.3 Å². The third-order valence-electron chi connectivity index (χ3n) is 5.54. The molecule has 0 spiro atoms. The van der Waals surface area contributed by atoms with Crippen molar-refractivity contribution in [2.75, 3.05) is 56.4 Å². The minimum atomic E-state index is -0.449. The molecule has 2 fully saturated rings. The second-order valence-corrected chi connectivity index (χ2v) is 8.88. The zero-order chi connectivity index (χ0) is 19.4. The second kappa shape index (κ2) is 8.48. The molecule has 0 radical (unpaired) electrons. The van der Waals surface area contributed by atoms with E-state index in [1.165, 1.54) is 18.5 Å². The van der Waals surface area contributed by atoms with Crippen LogP contribution in [-0.2, 0) is 9.63 Å². The fourth-order valence-corrected chi connectivity index (χ4v) is 3.68. The molecule has 0 unspecified atom stereocenters. The van der Waals surface area contributed by atoms with E-state index < -0.39 is 5.41 Å². The van der Waals surface area contributed by atoms with Gasteiger partial charge in [-0.1, -0.05) is 0 Å². The Morgan fingerprint density at radius 3 is 2.19 bits per heavy atom. The molecule has 0 amide bonds. The Bertz CT molecular complexity index is 610. The number of benzene rings is 1. The maximum atomic E-state index is 12.0. The van der Waals surface area contributed by atoms with Crippen LogP contribution >= 0.6 is 0 Å². The lowest BCUT2D eigenvalue weighted by molar-refractivity contribution is -0.207. The molecular formula is C21H34N4O2. The van der Waals surface area contributed by atoms with Gasteiger partial charge in [-0.3, -0.25) is 0 Å². The maximum Gasteiger partial charge on any atom is 0.330 e. The number of hydrogen-bond acceptors (Lipinski definition) is 6. The smallest absolute Gasteiger partial charge is 0.330 e. The molecule has 0 saturated carbocycles. The first-order valence-electron chi connectivity index (χ1n) is 10.1. The minimum absolute atomic E-state index is 0.147. The lowest BCUT2D eigenvalue weighted by Gasteiger charge is -2.39. The van der Waals surface area contributed by atoms with E-state index in [4.69, 9.17) is 10.6 Å². The summed E-state index contributed by atoms with van der Waals surface area (Å²) in [6.45, 7) is 12.6. The third-order valence-corrected chi connectivity index (χ3v) is 5.54. The average molecular weight is 375 g/mol. The molecule has 27 heavy (non-hydrogen) atoms. The molecular weight excluding hydrogens is 340 g/mol. The SMILES string of the molecule is CC(C)(C)C(=O)ON1CCN(CC2CCN(c3ccc(N)cc3)CC2)CC1. The van der Waals surface area contributed by atoms with Gasteiger partial charge in [-0.15, -0.1) is 5.06 Å². The fraction of sp³-hybridized carbons (Fsp3) is 0.667. The van der Waals surface area contributed by atoms with Gasteiger partial charge in [-0.05, 0) is 63.8 Å². The first-order valence-corrected chi connectivity index (χ1v) is 10.1. The molecule has 2 aliphatic rings. The number of nitrogens with zero attached hydrogens (tertiary/aromatic N) is 3. The Kier molecular flexibility index (Phi) is 6.27. The fourth-order valence-electron chi connectivity index (χ4n) is 3.68. The van der Waals surface area contributed by atoms with E-state index in [2.05, 4.69) is 21.9 Å². The summed E-state index contributed by atoms with van der Waals surface area (Å²) in [7, 11) is 0. The van der Waals surface area contributed by atoms with Crippen LogP contribution in [-0.4, -0.2) is 61.7 Å². The molecule has 6 heteroatoms. The van der Waals surface area contributed by atoms with E-state index in [-0.39, 0.29) is 5.97 Å². The summed E-state index contributed by atoms with van der Waals surface area (Å²) in [5.74, 6) is 0.602. The predicted octanol–water partition coefficient (Wildman–Crippen LogP) is 2.61. The van der Waals surface area contributed by atoms with E-state index in [9.17, 15) is 4.79 Å². The Labute approximate surface area is 163 Å². The van der Waals surface area contributed by atoms with Gasteiger partial charge in [0.15, 0.2) is 0 Å². The van der Waals surface area contributed by atoms with E-state index in [1.54, 1.807) is 0 Å². The summed E-state index contributed by atoms with van der Waals surface area (Å²) in [4.78, 5) is 22.5. The highest BCUT2D eigenvalue weighted by atomic mass is 16.7. The summed E-state index contributed by atoms with van der Waals surface area (Å²) in [6.07, 6.45) is 2.45. The van der Waals surface area contributed by atoms with Crippen LogP contribution in [0.15, 0.2) is 24.3 Å². The van der Waals surface area contributed by atoms with Crippen LogP contribution in [0.1, 0.15) is 33.6 Å². The van der Waals surface area contributed by atoms with Gasteiger partial charge in [0.25, 0.3) is 0 Å². The van der Waals surface area contributed by atoms with Crippen molar-refractivity contribution in [3.8, 4) is 0 Å². The van der Waals surface area contributed by atoms with Crippen LogP contribution in [0.4, 0.5) is 11.4 Å². The molecule has 1 aromatic carbocycles. The van der Waals surface area contributed by atoms with Gasteiger partial charge in [-0.2, -0.15) is 0 Å². The van der Waals surface area contributed by atoms with Crippen molar-refractivity contribution in [1.29, 1.82) is 0 Å². The summed E-state index contributed by atoms with van der Waals surface area (Å²) in [6, 6.07) is 8.20. The van der Waals surface area contributed by atoms with Gasteiger partial charge in [0.1, 0.15) is 0 Å². The van der Waals surface area contributed by atoms with Crippen molar-refractivity contribution in [2.24, 2.45) is 11.3 Å². The van der Waals surface area contributed by atoms with Crippen LogP contribution in [0.2, 0.25) is 0 Å². The third kappa shape index (κ3) is 5.59. The number of anilines is 2. The number of nitrogen functional groups attached to an aromatic ring is 1. The predicted molar refractivity (Wildman–Crippen MR) is 109 cm³/mol. The van der Waals surface area contributed by atoms with E-state index in [0.717, 1.165) is 57.4 Å². The summed E-state index contributed by atoms with van der Waals surface area (Å²) < 4.78 is 0. The Morgan fingerprint density at radius 2 is 1.63 bits per heavy atom. The zero-order valence-electron chi connectivity index (χ0n) is 17.0. The van der Waals surface area contributed by atoms with Crippen molar-refractivity contribution in [3.05, 3.63) is 24.3 Å². The number of piperazine rings is 1. The number of hydrogen-bond donors (Lipinski definition) is 1. The number of carbonyl (C=O) groups is 1. The Hall–Kier alpha value is -1.79. The zero-order valence-corrected chi connectivity index (χ0v) is 17.0. The van der Waals surface area contributed by atoms with Gasteiger partial charge in [0.2, 0.25) is 0 Å². The molecule has 150 valence electrons. The molecule has 0 bridgehead atoms. The number of piperidine rings is 1. The largest absolute Gasteiger partial charge is 0.399 e. The van der Waals surface area contributed by atoms with Crippen molar-refractivity contribution in [3.63, 3.8) is 0 Å². The summed E-state index contributed by atoms with van der Waals surface area (Å²) in [5, 5.41) is 1.83. The Morgan fingerprint density at radius 1 is 1.04 bits per heavy atom. The van der Waals surface area contributed by atoms with Crippen LogP contribution in [0.5, 0.6) is 0 Å². The van der Waals surface area contributed by atoms with Crippen molar-refractivity contribution >= 4 is 17.3 Å². The highest BCUT2D eigenvalue weighted by Gasteiger charge is 2.29. The van der Waals surface area contributed by atoms with Crippen molar-refractivity contribution in [2.45, 2.75) is 33.6 Å². The number of nitrogens with two attached hydrogens (primary N) is 1. The minimum Gasteiger partial charge on any atom is -0.399 e. The quantitative estimate of drug-likeness (QED) is 0.818. The van der Waals surface area contributed by atoms with Gasteiger partial charge in [0.05, 0.1) is 5.41 Å². The summed E-state index contributed by atoms with van der Waals surface area (Å²) >= 11 is 0. The highest BCUT2D eigenvalue weighted by molar-refractivity contribution is 5.75. The van der Waals surface area contributed by atoms with E-state index in [0.29, 0.717) is 0 Å². The van der Waals surface area contributed by atoms with Gasteiger partial charge in [-0.25, -0.2) is 4.79 Å². The van der Waals surface area contributed by atoms with Crippen LogP contribution in [0.25, 0.3) is 0 Å². The molecule has 2 N–H and O–H groups in total. The molecule has 2 aliphatic heterocycles. The summed E-state index contributed by atoms with van der Waals surface area (Å²) in [5.41, 5.74) is 7.43. The molecule has 0 atom stereocenters. The number of hydroxylamine groups is 2. The standard InChI is InChI=1S/C21H34N4O2/c1-21(2,3)20(26)27-25-14-12-23(13-15-25)16-17-8-10-24(11-9-17)19-6-4-18(22)5-7-19/h4-7,17H,8-16,22H2,1-3H3. The van der Waals surface area contributed by atoms with Crippen molar-refractivity contribution in [1.82, 2.24) is 9.96 Å². The first kappa shape index (κ1) is 20.0. The number of carbonyl (C=O) groups excluding carboxylic acids is 1. The monoisotopic (exact) mass is 374 g/mol. The maximum absolute atomic E-state index is 12.0. The van der Waals surface area contributed by atoms with Gasteiger partial charge in [0, 0.05) is 57.2 Å². The lowest BCUT2D eigenvalue weighted by Crippen LogP contribution is -2.50. The highest BCUT2D eigenvalue weighted by Crippen LogP contribution is 2.25. The van der Waals surface area contributed by atoms with Crippen LogP contribution < -0.4 is 10.6 Å². The van der Waals surface area contributed by atoms with Crippen LogP contribution in [0.3, 0.4) is 0 Å². The molecule has 2 heterocycles. The topological polar surface area (TPSA) is 62.0 Å². The molecule has 0 aromatic heterocycles. The molecule has 3 rings (SSSR count). The normalized spacial score (nSPS) is 20.6. The second-order valence-electron chi connectivity index (χ2n) is 8.88. The molecule has 2 saturated heterocycles. The number of rotatable bonds is 4. The van der Waals surface area contributed by atoms with E-state index in [1.807, 2.05) is 38.0 Å². The first-order chi connectivity index (χ1) is 12.8. The van der Waals surface area contributed by atoms with Crippen molar-refractivity contribution < 1.29 is 9.63 Å². The van der Waals surface area contributed by atoms with E-state index >= 15 is 0 Å². The molecule has 6 nitrogen and oxygen atoms in total.